The van der Waals surface area contributed by atoms with E-state index in [9.17, 15) is 4.39 Å². The lowest BCUT2D eigenvalue weighted by atomic mass is 9.96. The number of rotatable bonds is 0. The van der Waals surface area contributed by atoms with Gasteiger partial charge in [-0.2, -0.15) is 0 Å². The van der Waals surface area contributed by atoms with Gasteiger partial charge < -0.3 is 4.90 Å². The maximum atomic E-state index is 13.1. The van der Waals surface area contributed by atoms with Crippen LogP contribution in [0.5, 0.6) is 0 Å². The second-order valence-electron chi connectivity index (χ2n) is 4.80. The van der Waals surface area contributed by atoms with Crippen LogP contribution in [0.1, 0.15) is 31.7 Å². The quantitative estimate of drug-likeness (QED) is 0.629. The summed E-state index contributed by atoms with van der Waals surface area (Å²) in [5.41, 5.74) is 2.47. The van der Waals surface area contributed by atoms with E-state index in [1.807, 2.05) is 6.07 Å². The second-order valence-corrected chi connectivity index (χ2v) is 4.80. The Hall–Kier alpha value is -1.05. The summed E-state index contributed by atoms with van der Waals surface area (Å²) >= 11 is 0. The van der Waals surface area contributed by atoms with Crippen molar-refractivity contribution in [2.24, 2.45) is 0 Å². The zero-order valence-electron chi connectivity index (χ0n) is 9.04. The number of hydrogen-bond donors (Lipinski definition) is 0. The van der Waals surface area contributed by atoms with Gasteiger partial charge in [-0.05, 0) is 56.4 Å². The maximum Gasteiger partial charge on any atom is 0.123 e. The monoisotopic (exact) mass is 205 g/mol. The van der Waals surface area contributed by atoms with E-state index in [1.54, 1.807) is 12.1 Å². The topological polar surface area (TPSA) is 3.24 Å². The van der Waals surface area contributed by atoms with Gasteiger partial charge in [0, 0.05) is 17.8 Å². The highest BCUT2D eigenvalue weighted by atomic mass is 19.1. The average Bonchev–Trinajstić information content (AvgIpc) is 2.60. The summed E-state index contributed by atoms with van der Waals surface area (Å²) in [6.07, 6.45) is 4.82. The number of hydrogen-bond acceptors (Lipinski definition) is 1. The van der Waals surface area contributed by atoms with Crippen LogP contribution in [0, 0.1) is 5.82 Å². The molecule has 0 aromatic heterocycles. The highest BCUT2D eigenvalue weighted by Gasteiger charge is 2.34. The Morgan fingerprint density at radius 3 is 3.00 bits per heavy atom. The van der Waals surface area contributed by atoms with Crippen molar-refractivity contribution in [3.63, 3.8) is 0 Å². The molecule has 2 atom stereocenters. The van der Waals surface area contributed by atoms with Crippen molar-refractivity contribution >= 4 is 5.69 Å². The van der Waals surface area contributed by atoms with Crippen LogP contribution in [-0.2, 0) is 6.42 Å². The minimum atomic E-state index is -0.0981. The number of anilines is 1. The summed E-state index contributed by atoms with van der Waals surface area (Å²) in [5.74, 6) is -0.0981. The lowest BCUT2D eigenvalue weighted by molar-refractivity contribution is 0.563. The summed E-state index contributed by atoms with van der Waals surface area (Å²) in [6, 6.07) is 6.58. The third-order valence-corrected chi connectivity index (χ3v) is 3.85. The van der Waals surface area contributed by atoms with Crippen molar-refractivity contribution in [1.29, 1.82) is 0 Å². The molecule has 0 spiro atoms. The van der Waals surface area contributed by atoms with Crippen LogP contribution in [0.4, 0.5) is 10.1 Å². The number of fused-ring (bicyclic) bond motifs is 3. The SMILES string of the molecule is C[C@@H]1CC[C@@H]2CCc3cc(F)ccc3N21. The highest BCUT2D eigenvalue weighted by molar-refractivity contribution is 5.58. The van der Waals surface area contributed by atoms with E-state index in [0.717, 1.165) is 6.42 Å². The zero-order chi connectivity index (χ0) is 10.4. The van der Waals surface area contributed by atoms with Crippen LogP contribution in [0.3, 0.4) is 0 Å². The fourth-order valence-electron chi connectivity index (χ4n) is 3.12. The molecule has 0 unspecified atom stereocenters. The fourth-order valence-corrected chi connectivity index (χ4v) is 3.12. The number of nitrogens with zero attached hydrogens (tertiary/aromatic N) is 1. The first kappa shape index (κ1) is 9.20. The molecule has 2 heterocycles. The minimum Gasteiger partial charge on any atom is -0.366 e. The van der Waals surface area contributed by atoms with Gasteiger partial charge in [-0.1, -0.05) is 0 Å². The van der Waals surface area contributed by atoms with Crippen molar-refractivity contribution in [3.05, 3.63) is 29.6 Å². The van der Waals surface area contributed by atoms with Crippen molar-refractivity contribution in [2.75, 3.05) is 4.90 Å². The normalized spacial score (nSPS) is 28.8. The van der Waals surface area contributed by atoms with Gasteiger partial charge >= 0.3 is 0 Å². The molecule has 0 bridgehead atoms. The van der Waals surface area contributed by atoms with Crippen molar-refractivity contribution in [2.45, 2.75) is 44.7 Å². The third kappa shape index (κ3) is 1.35. The molecular weight excluding hydrogens is 189 g/mol. The Labute approximate surface area is 89.9 Å². The fraction of sp³-hybridized carbons (Fsp3) is 0.538. The van der Waals surface area contributed by atoms with Crippen molar-refractivity contribution < 1.29 is 4.39 Å². The predicted molar refractivity (Wildman–Crippen MR) is 59.7 cm³/mol. The summed E-state index contributed by atoms with van der Waals surface area (Å²) in [6.45, 7) is 2.28. The van der Waals surface area contributed by atoms with Gasteiger partial charge in [0.05, 0.1) is 0 Å². The molecule has 0 saturated carbocycles. The van der Waals surface area contributed by atoms with Crippen molar-refractivity contribution in [1.82, 2.24) is 0 Å². The summed E-state index contributed by atoms with van der Waals surface area (Å²) in [5, 5.41) is 0. The van der Waals surface area contributed by atoms with Gasteiger partial charge in [0.2, 0.25) is 0 Å². The second kappa shape index (κ2) is 3.22. The molecule has 0 aliphatic carbocycles. The lowest BCUT2D eigenvalue weighted by Crippen LogP contribution is -2.38. The van der Waals surface area contributed by atoms with Crippen LogP contribution >= 0.6 is 0 Å². The molecule has 1 aromatic rings. The molecule has 0 amide bonds. The molecule has 0 radical (unpaired) electrons. The summed E-state index contributed by atoms with van der Waals surface area (Å²) < 4.78 is 13.1. The molecule has 3 rings (SSSR count). The first-order valence-corrected chi connectivity index (χ1v) is 5.82. The van der Waals surface area contributed by atoms with Crippen LogP contribution in [0.15, 0.2) is 18.2 Å². The Kier molecular flexibility index (Phi) is 1.98. The molecule has 2 heteroatoms. The van der Waals surface area contributed by atoms with Crippen LogP contribution < -0.4 is 4.90 Å². The molecule has 1 aromatic carbocycles. The molecule has 80 valence electrons. The smallest absolute Gasteiger partial charge is 0.123 e. The van der Waals surface area contributed by atoms with Crippen LogP contribution in [0.2, 0.25) is 0 Å². The standard InChI is InChI=1S/C13H16FN/c1-9-2-5-12-6-3-10-8-11(14)4-7-13(10)15(9)12/h4,7-9,12H,2-3,5-6H2,1H3/t9-,12-/m1/s1. The predicted octanol–water partition coefficient (Wildman–Crippen LogP) is 3.13. The molecule has 1 fully saturated rings. The van der Waals surface area contributed by atoms with Gasteiger partial charge in [0.25, 0.3) is 0 Å². The Bertz CT molecular complexity index is 388. The van der Waals surface area contributed by atoms with E-state index in [-0.39, 0.29) is 5.82 Å². The van der Waals surface area contributed by atoms with E-state index in [0.29, 0.717) is 12.1 Å². The van der Waals surface area contributed by atoms with E-state index in [2.05, 4.69) is 11.8 Å². The number of halogens is 1. The number of benzene rings is 1. The van der Waals surface area contributed by atoms with Gasteiger partial charge in [0.1, 0.15) is 5.82 Å². The minimum absolute atomic E-state index is 0.0981. The van der Waals surface area contributed by atoms with Crippen LogP contribution in [-0.4, -0.2) is 12.1 Å². The summed E-state index contributed by atoms with van der Waals surface area (Å²) in [4.78, 5) is 2.50. The molecule has 0 N–H and O–H groups in total. The lowest BCUT2D eigenvalue weighted by Gasteiger charge is -2.36. The van der Waals surface area contributed by atoms with E-state index >= 15 is 0 Å². The largest absolute Gasteiger partial charge is 0.366 e. The van der Waals surface area contributed by atoms with Gasteiger partial charge in [-0.25, -0.2) is 4.39 Å². The first-order valence-electron chi connectivity index (χ1n) is 5.82. The Balaban J connectivity index is 2.06. The zero-order valence-corrected chi connectivity index (χ0v) is 9.04. The van der Waals surface area contributed by atoms with E-state index in [4.69, 9.17) is 0 Å². The molecule has 2 aliphatic heterocycles. The van der Waals surface area contributed by atoms with E-state index < -0.39 is 0 Å². The molecular formula is C13H16FN. The highest BCUT2D eigenvalue weighted by Crippen LogP contribution is 2.39. The molecule has 15 heavy (non-hydrogen) atoms. The molecule has 1 saturated heterocycles. The number of aryl methyl sites for hydroxylation is 1. The first-order chi connectivity index (χ1) is 7.25. The van der Waals surface area contributed by atoms with E-state index in [1.165, 1.54) is 30.5 Å². The average molecular weight is 205 g/mol. The van der Waals surface area contributed by atoms with Crippen molar-refractivity contribution in [3.8, 4) is 0 Å². The Morgan fingerprint density at radius 2 is 2.13 bits per heavy atom. The third-order valence-electron chi connectivity index (χ3n) is 3.85. The van der Waals surface area contributed by atoms with Gasteiger partial charge in [-0.15, -0.1) is 0 Å². The molecule has 1 nitrogen and oxygen atoms in total. The van der Waals surface area contributed by atoms with Gasteiger partial charge in [-0.3, -0.25) is 0 Å². The summed E-state index contributed by atoms with van der Waals surface area (Å²) in [7, 11) is 0. The Morgan fingerprint density at radius 1 is 1.27 bits per heavy atom. The maximum absolute atomic E-state index is 13.1. The van der Waals surface area contributed by atoms with Gasteiger partial charge in [0.15, 0.2) is 0 Å². The molecule has 2 aliphatic rings. The van der Waals surface area contributed by atoms with Crippen LogP contribution in [0.25, 0.3) is 0 Å².